The van der Waals surface area contributed by atoms with Crippen molar-refractivity contribution in [3.8, 4) is 5.75 Å². The summed E-state index contributed by atoms with van der Waals surface area (Å²) >= 11 is 1.55. The Morgan fingerprint density at radius 3 is 2.57 bits per heavy atom. The Morgan fingerprint density at radius 2 is 1.87 bits per heavy atom. The smallest absolute Gasteiger partial charge is 0.233 e. The molecular weight excluding hydrogens is 394 g/mol. The van der Waals surface area contributed by atoms with Gasteiger partial charge in [0, 0.05) is 6.54 Å². The van der Waals surface area contributed by atoms with Gasteiger partial charge in [0.05, 0.1) is 23.2 Å². The molecule has 1 aromatic heterocycles. The predicted molar refractivity (Wildman–Crippen MR) is 126 cm³/mol. The van der Waals surface area contributed by atoms with Gasteiger partial charge >= 0.3 is 0 Å². The van der Waals surface area contributed by atoms with Crippen LogP contribution in [0.1, 0.15) is 30.0 Å². The van der Waals surface area contributed by atoms with Gasteiger partial charge < -0.3 is 9.64 Å². The molecule has 3 aromatic rings. The first-order valence-corrected chi connectivity index (χ1v) is 11.2. The molecule has 0 unspecified atom stereocenters. The number of fused-ring (bicyclic) bond motifs is 1. The first-order chi connectivity index (χ1) is 14.4. The van der Waals surface area contributed by atoms with Crippen LogP contribution < -0.4 is 9.64 Å². The van der Waals surface area contributed by atoms with Crippen LogP contribution in [0.2, 0.25) is 0 Å². The lowest BCUT2D eigenvalue weighted by molar-refractivity contribution is -0.118. The number of carbonyl (C=O) groups excluding carboxylic acids is 1. The van der Waals surface area contributed by atoms with Gasteiger partial charge in [-0.15, -0.1) is 0 Å². The molecule has 0 spiro atoms. The molecule has 0 saturated carbocycles. The fourth-order valence-corrected chi connectivity index (χ4v) is 4.36. The number of carbonyl (C=O) groups is 1. The van der Waals surface area contributed by atoms with Gasteiger partial charge in [0.15, 0.2) is 5.13 Å². The van der Waals surface area contributed by atoms with Gasteiger partial charge in [-0.1, -0.05) is 29.5 Å². The molecule has 1 amide bonds. The van der Waals surface area contributed by atoms with Crippen LogP contribution in [0.3, 0.4) is 0 Å². The fourth-order valence-electron chi connectivity index (χ4n) is 3.32. The monoisotopic (exact) mass is 425 g/mol. The fraction of sp³-hybridized carbons (Fsp3) is 0.417. The summed E-state index contributed by atoms with van der Waals surface area (Å²) in [6.45, 7) is 8.35. The summed E-state index contributed by atoms with van der Waals surface area (Å²) in [6.07, 6.45) is 1.27. The number of anilines is 1. The minimum Gasteiger partial charge on any atom is -0.494 e. The SMILES string of the molecule is CCOc1ccc2nc(N(CCCN(C)C)C(=O)Cc3ccc(C)c(C)c3)sc2c1. The highest BCUT2D eigenvalue weighted by Gasteiger charge is 2.20. The number of nitrogens with zero attached hydrogens (tertiary/aromatic N) is 3. The molecule has 5 nitrogen and oxygen atoms in total. The molecule has 0 radical (unpaired) electrons. The van der Waals surface area contributed by atoms with Crippen LogP contribution in [0, 0.1) is 13.8 Å². The van der Waals surface area contributed by atoms with Crippen LogP contribution in [0.25, 0.3) is 10.2 Å². The highest BCUT2D eigenvalue weighted by molar-refractivity contribution is 7.22. The molecule has 1 heterocycles. The number of hydrogen-bond donors (Lipinski definition) is 0. The molecule has 6 heteroatoms. The van der Waals surface area contributed by atoms with E-state index in [1.54, 1.807) is 11.3 Å². The van der Waals surface area contributed by atoms with E-state index in [9.17, 15) is 4.79 Å². The van der Waals surface area contributed by atoms with E-state index < -0.39 is 0 Å². The number of benzene rings is 2. The van der Waals surface area contributed by atoms with E-state index in [4.69, 9.17) is 9.72 Å². The molecule has 0 bridgehead atoms. The van der Waals surface area contributed by atoms with Crippen LogP contribution in [0.15, 0.2) is 36.4 Å². The van der Waals surface area contributed by atoms with Crippen LogP contribution in [-0.4, -0.2) is 49.6 Å². The second-order valence-electron chi connectivity index (χ2n) is 7.86. The van der Waals surface area contributed by atoms with E-state index in [1.807, 2.05) is 50.2 Å². The highest BCUT2D eigenvalue weighted by atomic mass is 32.1. The largest absolute Gasteiger partial charge is 0.494 e. The summed E-state index contributed by atoms with van der Waals surface area (Å²) in [4.78, 5) is 22.0. The highest BCUT2D eigenvalue weighted by Crippen LogP contribution is 2.32. The van der Waals surface area contributed by atoms with Crippen molar-refractivity contribution in [1.82, 2.24) is 9.88 Å². The standard InChI is InChI=1S/C24H31N3O2S/c1-6-29-20-10-11-21-22(16-20)30-24(25-21)27(13-7-12-26(4)5)23(28)15-19-9-8-17(2)18(3)14-19/h8-11,14,16H,6-7,12-13,15H2,1-5H3. The molecule has 0 aliphatic carbocycles. The van der Waals surface area contributed by atoms with E-state index in [0.717, 1.165) is 39.6 Å². The van der Waals surface area contributed by atoms with Gasteiger partial charge in [-0.2, -0.15) is 0 Å². The lowest BCUT2D eigenvalue weighted by Crippen LogP contribution is -2.34. The molecule has 2 aromatic carbocycles. The van der Waals surface area contributed by atoms with Crippen molar-refractivity contribution in [3.05, 3.63) is 53.1 Å². The van der Waals surface area contributed by atoms with Gasteiger partial charge in [0.2, 0.25) is 5.91 Å². The molecule has 0 aliphatic rings. The quantitative estimate of drug-likeness (QED) is 0.492. The molecule has 0 aliphatic heterocycles. The number of amides is 1. The average Bonchev–Trinajstić information content (AvgIpc) is 3.11. The van der Waals surface area contributed by atoms with Crippen LogP contribution in [0.5, 0.6) is 5.75 Å². The summed E-state index contributed by atoms with van der Waals surface area (Å²) in [5.74, 6) is 0.918. The third-order valence-corrected chi connectivity index (χ3v) is 6.15. The summed E-state index contributed by atoms with van der Waals surface area (Å²) in [7, 11) is 4.10. The number of hydrogen-bond acceptors (Lipinski definition) is 5. The van der Waals surface area contributed by atoms with Crippen molar-refractivity contribution in [1.29, 1.82) is 0 Å². The Bertz CT molecular complexity index is 1010. The van der Waals surface area contributed by atoms with Gasteiger partial charge in [-0.05, 0) is 82.7 Å². The molecule has 0 saturated heterocycles. The van der Waals surface area contributed by atoms with Crippen molar-refractivity contribution < 1.29 is 9.53 Å². The zero-order chi connectivity index (χ0) is 21.7. The topological polar surface area (TPSA) is 45.7 Å². The van der Waals surface area contributed by atoms with Gasteiger partial charge in [-0.3, -0.25) is 9.69 Å². The molecule has 160 valence electrons. The second kappa shape index (κ2) is 10.0. The van der Waals surface area contributed by atoms with Crippen LogP contribution >= 0.6 is 11.3 Å². The number of rotatable bonds is 9. The van der Waals surface area contributed by atoms with Gasteiger partial charge in [0.1, 0.15) is 5.75 Å². The minimum atomic E-state index is 0.0843. The summed E-state index contributed by atoms with van der Waals surface area (Å²) in [5.41, 5.74) is 4.39. The maximum atomic E-state index is 13.3. The lowest BCUT2D eigenvalue weighted by atomic mass is 10.0. The number of thiazole rings is 1. The van der Waals surface area contributed by atoms with Crippen LogP contribution in [0.4, 0.5) is 5.13 Å². The second-order valence-corrected chi connectivity index (χ2v) is 8.87. The van der Waals surface area contributed by atoms with E-state index in [1.165, 1.54) is 11.1 Å². The third kappa shape index (κ3) is 5.58. The Labute approximate surface area is 183 Å². The Balaban J connectivity index is 1.86. The van der Waals surface area contributed by atoms with Crippen molar-refractivity contribution in [3.63, 3.8) is 0 Å². The number of ether oxygens (including phenoxy) is 1. The summed E-state index contributed by atoms with van der Waals surface area (Å²) < 4.78 is 6.65. The average molecular weight is 426 g/mol. The molecular formula is C24H31N3O2S. The molecule has 0 N–H and O–H groups in total. The maximum absolute atomic E-state index is 13.3. The van der Waals surface area contributed by atoms with Crippen molar-refractivity contribution in [2.24, 2.45) is 0 Å². The van der Waals surface area contributed by atoms with Gasteiger partial charge in [0.25, 0.3) is 0 Å². The Morgan fingerprint density at radius 1 is 1.07 bits per heavy atom. The maximum Gasteiger partial charge on any atom is 0.233 e. The minimum absolute atomic E-state index is 0.0843. The van der Waals surface area contributed by atoms with E-state index in [2.05, 4.69) is 30.9 Å². The molecule has 0 atom stereocenters. The van der Waals surface area contributed by atoms with E-state index in [-0.39, 0.29) is 5.91 Å². The van der Waals surface area contributed by atoms with E-state index in [0.29, 0.717) is 19.6 Å². The van der Waals surface area contributed by atoms with Gasteiger partial charge in [-0.25, -0.2) is 4.98 Å². The first kappa shape index (κ1) is 22.2. The summed E-state index contributed by atoms with van der Waals surface area (Å²) in [5, 5.41) is 0.756. The van der Waals surface area contributed by atoms with Crippen molar-refractivity contribution in [2.45, 2.75) is 33.6 Å². The van der Waals surface area contributed by atoms with Crippen molar-refractivity contribution >= 4 is 32.6 Å². The number of aryl methyl sites for hydroxylation is 2. The Kier molecular flexibility index (Phi) is 7.45. The van der Waals surface area contributed by atoms with E-state index >= 15 is 0 Å². The summed E-state index contributed by atoms with van der Waals surface area (Å²) in [6, 6.07) is 12.1. The normalized spacial score (nSPS) is 11.3. The first-order valence-electron chi connectivity index (χ1n) is 10.4. The number of aromatic nitrogens is 1. The molecule has 30 heavy (non-hydrogen) atoms. The predicted octanol–water partition coefficient (Wildman–Crippen LogP) is 4.84. The zero-order valence-corrected chi connectivity index (χ0v) is 19.4. The lowest BCUT2D eigenvalue weighted by Gasteiger charge is -2.21. The third-order valence-electron chi connectivity index (χ3n) is 5.11. The van der Waals surface area contributed by atoms with Crippen LogP contribution in [-0.2, 0) is 11.2 Å². The molecule has 0 fully saturated rings. The Hall–Kier alpha value is -2.44. The molecule has 3 rings (SSSR count). The zero-order valence-electron chi connectivity index (χ0n) is 18.6. The van der Waals surface area contributed by atoms with Crippen molar-refractivity contribution in [2.75, 3.05) is 38.7 Å².